The van der Waals surface area contributed by atoms with Crippen LogP contribution in [0.3, 0.4) is 0 Å². The molecule has 0 aliphatic heterocycles. The first kappa shape index (κ1) is 39.4. The third-order valence-corrected chi connectivity index (χ3v) is 10.3. The fraction of sp³-hybridized carbons (Fsp3) is 0.500. The monoisotopic (exact) mass is 698 g/mol. The summed E-state index contributed by atoms with van der Waals surface area (Å²) in [7, 11) is 4.01. The molecule has 0 amide bonds. The lowest BCUT2D eigenvalue weighted by Gasteiger charge is -2.07. The molecule has 2 aromatic heterocycles. The van der Waals surface area contributed by atoms with Crippen molar-refractivity contribution in [3.8, 4) is 0 Å². The fourth-order valence-electron chi connectivity index (χ4n) is 5.30. The number of aromatic nitrogens is 2. The number of carboxylic acids is 2. The molecule has 2 aromatic carbocycles. The molecule has 2 heterocycles. The number of fused-ring (bicyclic) bond motifs is 2. The molecule has 264 valence electrons. The first-order valence-electron chi connectivity index (χ1n) is 17.2. The highest BCUT2D eigenvalue weighted by atomic mass is 33.1. The van der Waals surface area contributed by atoms with Gasteiger partial charge in [0.2, 0.25) is 0 Å². The van der Waals surface area contributed by atoms with E-state index in [4.69, 9.17) is 19.8 Å². The van der Waals surface area contributed by atoms with Crippen LogP contribution in [0.25, 0.3) is 21.8 Å². The molecule has 0 fully saturated rings. The number of para-hydroxylation sites is 2. The topological polar surface area (TPSA) is 154 Å². The number of hydrogen-bond donors (Lipinski definition) is 8. The molecular formula is C36H54N6O4S2. The van der Waals surface area contributed by atoms with Crippen molar-refractivity contribution in [3.05, 3.63) is 72.1 Å². The van der Waals surface area contributed by atoms with E-state index in [0.29, 0.717) is 0 Å². The third-order valence-electron chi connectivity index (χ3n) is 7.89. The van der Waals surface area contributed by atoms with Crippen molar-refractivity contribution in [2.75, 3.05) is 50.8 Å². The highest BCUT2D eigenvalue weighted by Crippen LogP contribution is 2.20. The number of nitrogens with one attached hydrogen (secondary N) is 6. The smallest absolute Gasteiger partial charge is 0.414 e. The molecule has 0 aliphatic carbocycles. The van der Waals surface area contributed by atoms with E-state index in [1.54, 1.807) is 0 Å². The van der Waals surface area contributed by atoms with Gasteiger partial charge in [-0.1, -0.05) is 83.7 Å². The van der Waals surface area contributed by atoms with Crippen LogP contribution in [0.4, 0.5) is 0 Å². The summed E-state index contributed by atoms with van der Waals surface area (Å²) in [4.78, 5) is 24.9. The summed E-state index contributed by atoms with van der Waals surface area (Å²) in [5, 5.41) is 31.9. The van der Waals surface area contributed by atoms with Crippen LogP contribution >= 0.6 is 21.6 Å². The largest absolute Gasteiger partial charge is 0.473 e. The highest BCUT2D eigenvalue weighted by Gasteiger charge is 2.04. The highest BCUT2D eigenvalue weighted by molar-refractivity contribution is 8.76. The third kappa shape index (κ3) is 16.4. The van der Waals surface area contributed by atoms with Crippen LogP contribution in [-0.2, 0) is 22.7 Å². The second kappa shape index (κ2) is 25.0. The Labute approximate surface area is 292 Å². The molecule has 10 nitrogen and oxygen atoms in total. The van der Waals surface area contributed by atoms with Crippen molar-refractivity contribution in [2.45, 2.75) is 64.5 Å². The van der Waals surface area contributed by atoms with Crippen LogP contribution in [0.1, 0.15) is 62.5 Å². The number of rotatable bonds is 25. The Morgan fingerprint density at radius 2 is 0.896 bits per heavy atom. The first-order valence-corrected chi connectivity index (χ1v) is 19.7. The summed E-state index contributed by atoms with van der Waals surface area (Å²) in [6.45, 7) is 8.63. The van der Waals surface area contributed by atoms with Gasteiger partial charge in [-0.25, -0.2) is 9.59 Å². The number of H-pyrrole nitrogens is 2. The van der Waals surface area contributed by atoms with Crippen LogP contribution in [0.15, 0.2) is 60.9 Å². The fourth-order valence-corrected chi connectivity index (χ4v) is 7.20. The molecule has 0 unspecified atom stereocenters. The Hall–Kier alpha value is -3.00. The zero-order valence-electron chi connectivity index (χ0n) is 28.0. The zero-order valence-corrected chi connectivity index (χ0v) is 29.7. The molecule has 0 bridgehead atoms. The summed E-state index contributed by atoms with van der Waals surface area (Å²) < 4.78 is 0. The van der Waals surface area contributed by atoms with Gasteiger partial charge in [-0.2, -0.15) is 0 Å². The molecule has 0 aliphatic rings. The number of benzene rings is 2. The Kier molecular flexibility index (Phi) is 20.6. The maximum atomic E-state index is 9.10. The first-order chi connectivity index (χ1) is 23.6. The average molecular weight is 699 g/mol. The summed E-state index contributed by atoms with van der Waals surface area (Å²) in [6, 6.07) is 17.1. The molecule has 0 saturated heterocycles. The van der Waals surface area contributed by atoms with Crippen LogP contribution in [0, 0.1) is 0 Å². The van der Waals surface area contributed by atoms with Crippen molar-refractivity contribution in [1.82, 2.24) is 31.2 Å². The van der Waals surface area contributed by atoms with E-state index in [-0.39, 0.29) is 0 Å². The van der Waals surface area contributed by atoms with Crippen molar-refractivity contribution in [2.24, 2.45) is 0 Å². The lowest BCUT2D eigenvalue weighted by molar-refractivity contribution is -0.159. The van der Waals surface area contributed by atoms with Gasteiger partial charge in [-0.05, 0) is 75.1 Å². The van der Waals surface area contributed by atoms with E-state index < -0.39 is 11.9 Å². The summed E-state index contributed by atoms with van der Waals surface area (Å²) >= 11 is 0. The summed E-state index contributed by atoms with van der Waals surface area (Å²) in [5.41, 5.74) is 5.19. The van der Waals surface area contributed by atoms with E-state index in [1.807, 2.05) is 21.6 Å². The standard InChI is InChI=1S/C34H52N6S2.C2H2O4/c1(3-11-19-37-25-29-27-39-33-15-7-5-13-31(29)33)9-17-35-21-23-41-42-24-22-36-18-10-2-4-12-20-38-26-30-28-40-34-16-8-6-14-32(30)34;3-1(4)2(5)6/h5-8,13-16,27-28,35-40H,1-4,9-12,17-26H2;(H,3,4)(H,5,6). The number of unbranched alkanes of at least 4 members (excludes halogenated alkanes) is 6. The van der Waals surface area contributed by atoms with E-state index in [1.165, 1.54) is 95.8 Å². The zero-order chi connectivity index (χ0) is 34.1. The second-order valence-electron chi connectivity index (χ2n) is 11.7. The van der Waals surface area contributed by atoms with Crippen LogP contribution in [0.2, 0.25) is 0 Å². The summed E-state index contributed by atoms with van der Waals surface area (Å²) in [6.07, 6.45) is 14.6. The molecule has 48 heavy (non-hydrogen) atoms. The number of hydrogen-bond acceptors (Lipinski definition) is 8. The van der Waals surface area contributed by atoms with Gasteiger partial charge in [0.15, 0.2) is 0 Å². The van der Waals surface area contributed by atoms with E-state index >= 15 is 0 Å². The molecule has 0 atom stereocenters. The van der Waals surface area contributed by atoms with Gasteiger partial charge >= 0.3 is 11.9 Å². The lowest BCUT2D eigenvalue weighted by atomic mass is 10.1. The van der Waals surface area contributed by atoms with Crippen molar-refractivity contribution < 1.29 is 19.8 Å². The van der Waals surface area contributed by atoms with Crippen molar-refractivity contribution >= 4 is 55.3 Å². The maximum absolute atomic E-state index is 9.10. The quantitative estimate of drug-likeness (QED) is 0.0223. The number of aromatic amines is 2. The number of aliphatic carboxylic acids is 2. The minimum Gasteiger partial charge on any atom is -0.473 e. The molecule has 12 heteroatoms. The Morgan fingerprint density at radius 1 is 0.521 bits per heavy atom. The molecule has 8 N–H and O–H groups in total. The van der Waals surface area contributed by atoms with Gasteiger partial charge in [0.25, 0.3) is 0 Å². The SMILES string of the molecule is O=C(O)C(=O)O.c1ccc2c(CNCCCCCCNCCSSCCNCCCCCCNCc3c[nH]c4ccccc34)c[nH]c2c1. The maximum Gasteiger partial charge on any atom is 0.414 e. The number of carboxylic acid groups (broad SMARTS) is 2. The minimum absolute atomic E-state index is 0.948. The molecule has 4 rings (SSSR count). The minimum atomic E-state index is -1.82. The van der Waals surface area contributed by atoms with Crippen molar-refractivity contribution in [1.29, 1.82) is 0 Å². The van der Waals surface area contributed by atoms with Gasteiger partial charge in [-0.15, -0.1) is 0 Å². The normalized spacial score (nSPS) is 11.2. The van der Waals surface area contributed by atoms with E-state index in [2.05, 4.69) is 92.2 Å². The molecule has 0 spiro atoms. The van der Waals surface area contributed by atoms with E-state index in [9.17, 15) is 0 Å². The van der Waals surface area contributed by atoms with Crippen LogP contribution in [0.5, 0.6) is 0 Å². The van der Waals surface area contributed by atoms with Gasteiger partial charge in [0, 0.05) is 71.9 Å². The molecule has 0 saturated carbocycles. The lowest BCUT2D eigenvalue weighted by Crippen LogP contribution is -2.19. The number of carbonyl (C=O) groups is 2. The van der Waals surface area contributed by atoms with Crippen LogP contribution in [-0.4, -0.2) is 82.9 Å². The predicted octanol–water partition coefficient (Wildman–Crippen LogP) is 6.37. The predicted molar refractivity (Wildman–Crippen MR) is 203 cm³/mol. The van der Waals surface area contributed by atoms with Gasteiger partial charge in [-0.3, -0.25) is 0 Å². The van der Waals surface area contributed by atoms with Gasteiger partial charge in [0.05, 0.1) is 0 Å². The molecular weight excluding hydrogens is 645 g/mol. The van der Waals surface area contributed by atoms with Crippen molar-refractivity contribution in [3.63, 3.8) is 0 Å². The van der Waals surface area contributed by atoms with E-state index in [0.717, 1.165) is 52.4 Å². The second-order valence-corrected chi connectivity index (χ2v) is 14.4. The van der Waals surface area contributed by atoms with Gasteiger partial charge < -0.3 is 41.4 Å². The molecule has 0 radical (unpaired) electrons. The summed E-state index contributed by atoms with van der Waals surface area (Å²) in [5.74, 6) is -1.27. The Bertz CT molecular complexity index is 1340. The molecule has 4 aromatic rings. The Morgan fingerprint density at radius 3 is 1.29 bits per heavy atom. The van der Waals surface area contributed by atoms with Gasteiger partial charge in [0.1, 0.15) is 0 Å². The van der Waals surface area contributed by atoms with Crippen LogP contribution < -0.4 is 21.3 Å². The Balaban J connectivity index is 0.000000952. The average Bonchev–Trinajstić information content (AvgIpc) is 3.71.